The molecule has 1 heterocycles. The highest BCUT2D eigenvalue weighted by molar-refractivity contribution is 5.68. The summed E-state index contributed by atoms with van der Waals surface area (Å²) in [5.41, 5.74) is 8.99. The molecule has 0 amide bonds. The highest BCUT2D eigenvalue weighted by atomic mass is 16.7. The van der Waals surface area contributed by atoms with E-state index in [4.69, 9.17) is 14.7 Å². The van der Waals surface area contributed by atoms with Crippen molar-refractivity contribution in [3.05, 3.63) is 107 Å². The summed E-state index contributed by atoms with van der Waals surface area (Å²) >= 11 is 0. The van der Waals surface area contributed by atoms with Gasteiger partial charge in [-0.15, -0.1) is 0 Å². The van der Waals surface area contributed by atoms with Crippen molar-refractivity contribution in [3.8, 4) is 5.75 Å². The topological polar surface area (TPSA) is 80.7 Å². The lowest BCUT2D eigenvalue weighted by Crippen LogP contribution is -2.20. The molecule has 6 nitrogen and oxygen atoms in total. The van der Waals surface area contributed by atoms with Crippen molar-refractivity contribution in [2.45, 2.75) is 31.8 Å². The van der Waals surface area contributed by atoms with Crippen LogP contribution in [0.15, 0.2) is 84.7 Å². The monoisotopic (exact) mass is 444 g/mol. The molecule has 1 unspecified atom stereocenters. The van der Waals surface area contributed by atoms with E-state index in [1.807, 2.05) is 42.5 Å². The first kappa shape index (κ1) is 22.7. The number of hydrogen-bond acceptors (Lipinski definition) is 5. The maximum absolute atomic E-state index is 10.8. The first-order chi connectivity index (χ1) is 16.2. The number of benzene rings is 2. The Labute approximate surface area is 193 Å². The first-order valence-electron chi connectivity index (χ1n) is 11.2. The van der Waals surface area contributed by atoms with Gasteiger partial charge in [-0.3, -0.25) is 9.82 Å². The number of aliphatic carboxylic acids is 1. The van der Waals surface area contributed by atoms with Gasteiger partial charge in [-0.05, 0) is 66.1 Å². The van der Waals surface area contributed by atoms with Crippen molar-refractivity contribution in [2.75, 3.05) is 13.2 Å². The highest BCUT2D eigenvalue weighted by Gasteiger charge is 2.18. The summed E-state index contributed by atoms with van der Waals surface area (Å²) in [6, 6.07) is 19.9. The summed E-state index contributed by atoms with van der Waals surface area (Å²) in [6.45, 7) is 0.390. The number of allylic oxidation sites excluding steroid dienone is 1. The van der Waals surface area contributed by atoms with Crippen LogP contribution in [0.5, 0.6) is 5.75 Å². The van der Waals surface area contributed by atoms with Crippen molar-refractivity contribution in [1.29, 1.82) is 0 Å². The Kier molecular flexibility index (Phi) is 7.85. The van der Waals surface area contributed by atoms with Gasteiger partial charge in [0.05, 0.1) is 0 Å². The maximum Gasteiger partial charge on any atom is 0.341 e. The van der Waals surface area contributed by atoms with Crippen molar-refractivity contribution >= 4 is 5.97 Å². The smallest absolute Gasteiger partial charge is 0.341 e. The number of nitrogens with zero attached hydrogens (tertiary/aromatic N) is 1. The zero-order valence-electron chi connectivity index (χ0n) is 18.4. The number of rotatable bonds is 10. The molecule has 2 aromatic carbocycles. The molecule has 2 N–H and O–H groups in total. The summed E-state index contributed by atoms with van der Waals surface area (Å²) < 4.78 is 5.46. The quantitative estimate of drug-likeness (QED) is 0.269. The largest absolute Gasteiger partial charge is 0.482 e. The second kappa shape index (κ2) is 11.4. The van der Waals surface area contributed by atoms with E-state index in [1.54, 1.807) is 12.4 Å². The van der Waals surface area contributed by atoms with Crippen molar-refractivity contribution < 1.29 is 19.5 Å². The van der Waals surface area contributed by atoms with E-state index in [9.17, 15) is 4.79 Å². The van der Waals surface area contributed by atoms with Gasteiger partial charge >= 0.3 is 5.97 Å². The van der Waals surface area contributed by atoms with Crippen LogP contribution in [0.2, 0.25) is 0 Å². The number of nitrogens with one attached hydrogen (secondary N) is 1. The minimum absolute atomic E-state index is 0.201. The second-order valence-electron chi connectivity index (χ2n) is 7.99. The lowest BCUT2D eigenvalue weighted by Gasteiger charge is -2.22. The van der Waals surface area contributed by atoms with Gasteiger partial charge in [0.25, 0.3) is 0 Å². The molecule has 1 aliphatic carbocycles. The van der Waals surface area contributed by atoms with Gasteiger partial charge in [-0.25, -0.2) is 10.3 Å². The molecule has 0 saturated heterocycles. The predicted molar refractivity (Wildman–Crippen MR) is 126 cm³/mol. The Hall–Kier alpha value is -3.48. The minimum atomic E-state index is -0.961. The van der Waals surface area contributed by atoms with E-state index < -0.39 is 5.97 Å². The summed E-state index contributed by atoms with van der Waals surface area (Å²) in [6.07, 6.45) is 9.16. The molecule has 1 aliphatic rings. The van der Waals surface area contributed by atoms with E-state index in [2.05, 4.69) is 34.7 Å². The van der Waals surface area contributed by atoms with Crippen molar-refractivity contribution in [1.82, 2.24) is 10.5 Å². The fraction of sp³-hybridized carbons (Fsp3) is 0.259. The fourth-order valence-corrected chi connectivity index (χ4v) is 4.10. The van der Waals surface area contributed by atoms with E-state index in [-0.39, 0.29) is 12.7 Å². The number of carboxylic acid groups (broad SMARTS) is 1. The van der Waals surface area contributed by atoms with Crippen LogP contribution in [-0.4, -0.2) is 29.2 Å². The number of hydrogen-bond donors (Lipinski definition) is 2. The summed E-state index contributed by atoms with van der Waals surface area (Å²) in [7, 11) is 0. The van der Waals surface area contributed by atoms with Crippen LogP contribution in [0.25, 0.3) is 0 Å². The highest BCUT2D eigenvalue weighted by Crippen LogP contribution is 2.32. The molecule has 1 atom stereocenters. The number of aromatic nitrogens is 1. The van der Waals surface area contributed by atoms with Gasteiger partial charge in [0.15, 0.2) is 6.61 Å². The Morgan fingerprint density at radius 3 is 2.61 bits per heavy atom. The Bertz CT molecular complexity index is 1040. The van der Waals surface area contributed by atoms with Crippen LogP contribution in [-0.2, 0) is 22.5 Å². The van der Waals surface area contributed by atoms with Gasteiger partial charge in [-0.1, -0.05) is 54.1 Å². The molecule has 0 spiro atoms. The van der Waals surface area contributed by atoms with Crippen LogP contribution >= 0.6 is 0 Å². The number of carbonyl (C=O) groups is 1. The zero-order chi connectivity index (χ0) is 22.9. The van der Waals surface area contributed by atoms with Crippen LogP contribution in [0, 0.1) is 0 Å². The normalized spacial score (nSPS) is 15.1. The molecule has 0 bridgehead atoms. The first-order valence-corrected chi connectivity index (χ1v) is 11.2. The molecular formula is C27H28N2O4. The van der Waals surface area contributed by atoms with E-state index in [0.29, 0.717) is 12.3 Å². The number of fused-ring (bicyclic) bond motifs is 1. The van der Waals surface area contributed by atoms with Gasteiger partial charge in [0.2, 0.25) is 0 Å². The maximum atomic E-state index is 10.8. The van der Waals surface area contributed by atoms with Gasteiger partial charge in [0.1, 0.15) is 11.9 Å². The van der Waals surface area contributed by atoms with E-state index in [0.717, 1.165) is 42.4 Å². The van der Waals surface area contributed by atoms with Gasteiger partial charge < -0.3 is 9.84 Å². The van der Waals surface area contributed by atoms with Crippen LogP contribution in [0.1, 0.15) is 41.2 Å². The minimum Gasteiger partial charge on any atom is -0.482 e. The van der Waals surface area contributed by atoms with E-state index >= 15 is 0 Å². The zero-order valence-corrected chi connectivity index (χ0v) is 18.4. The molecule has 0 aliphatic heterocycles. The molecule has 0 radical (unpaired) electrons. The Morgan fingerprint density at radius 2 is 1.82 bits per heavy atom. The third-order valence-electron chi connectivity index (χ3n) is 5.69. The SMILES string of the molecule is O=C(O)COc1cccc2c1CCC(=CCCNOC(c1ccccc1)c1ccncc1)C2. The summed E-state index contributed by atoms with van der Waals surface area (Å²) in [5, 5.41) is 8.87. The van der Waals surface area contributed by atoms with Crippen LogP contribution < -0.4 is 10.2 Å². The molecule has 170 valence electrons. The Morgan fingerprint density at radius 1 is 1.03 bits per heavy atom. The van der Waals surface area contributed by atoms with Crippen LogP contribution in [0.4, 0.5) is 0 Å². The van der Waals surface area contributed by atoms with Crippen LogP contribution in [0.3, 0.4) is 0 Å². The molecular weight excluding hydrogens is 416 g/mol. The van der Waals surface area contributed by atoms with Crippen molar-refractivity contribution in [3.63, 3.8) is 0 Å². The average Bonchev–Trinajstić information content (AvgIpc) is 2.85. The molecule has 3 aromatic rings. The van der Waals surface area contributed by atoms with Crippen molar-refractivity contribution in [2.24, 2.45) is 0 Å². The molecule has 6 heteroatoms. The molecule has 0 saturated carbocycles. The third-order valence-corrected chi connectivity index (χ3v) is 5.69. The second-order valence-corrected chi connectivity index (χ2v) is 7.99. The standard InChI is InChI=1S/C27H28N2O4/c30-26(31)19-32-25-10-4-9-23-18-20(11-12-24(23)25)6-5-15-29-33-27(21-7-2-1-3-8-21)22-13-16-28-17-14-22/h1-4,6-10,13-14,16-17,27,29H,5,11-12,15,18-19H2,(H,30,31). The third kappa shape index (κ3) is 6.28. The predicted octanol–water partition coefficient (Wildman–Crippen LogP) is 4.66. The number of ether oxygens (including phenoxy) is 1. The molecule has 4 rings (SSSR count). The summed E-state index contributed by atoms with van der Waals surface area (Å²) in [5.74, 6) is -0.274. The lowest BCUT2D eigenvalue weighted by molar-refractivity contribution is -0.139. The lowest BCUT2D eigenvalue weighted by atomic mass is 9.87. The number of pyridine rings is 1. The molecule has 33 heavy (non-hydrogen) atoms. The number of carboxylic acids is 1. The molecule has 0 fully saturated rings. The summed E-state index contributed by atoms with van der Waals surface area (Å²) in [4.78, 5) is 21.0. The molecule has 1 aromatic heterocycles. The van der Waals surface area contributed by atoms with E-state index in [1.165, 1.54) is 11.1 Å². The fourth-order valence-electron chi connectivity index (χ4n) is 4.10. The number of hydroxylamine groups is 1. The average molecular weight is 445 g/mol. The van der Waals surface area contributed by atoms with Gasteiger partial charge in [0, 0.05) is 18.9 Å². The van der Waals surface area contributed by atoms with Gasteiger partial charge in [-0.2, -0.15) is 0 Å². The Balaban J connectivity index is 1.31.